The number of carbonyl (C=O) groups excluding carboxylic acids is 1. The smallest absolute Gasteiger partial charge is 0.311 e. The summed E-state index contributed by atoms with van der Waals surface area (Å²) in [5.74, 6) is -0.163. The van der Waals surface area contributed by atoms with E-state index >= 15 is 0 Å². The van der Waals surface area contributed by atoms with Crippen LogP contribution in [0, 0.1) is 17.3 Å². The Balaban J connectivity index is 1.85. The fourth-order valence-corrected chi connectivity index (χ4v) is 2.99. The zero-order chi connectivity index (χ0) is 12.5. The van der Waals surface area contributed by atoms with Gasteiger partial charge in [0.25, 0.3) is 0 Å². The molecular weight excluding hydrogens is 218 g/mol. The molecule has 2 atom stereocenters. The fraction of sp³-hybridized carbons (Fsp3) is 0.846. The van der Waals surface area contributed by atoms with Crippen molar-refractivity contribution < 1.29 is 14.7 Å². The van der Waals surface area contributed by atoms with Gasteiger partial charge in [0, 0.05) is 12.5 Å². The summed E-state index contributed by atoms with van der Waals surface area (Å²) in [6, 6.07) is 0. The van der Waals surface area contributed by atoms with E-state index in [1.807, 2.05) is 0 Å². The van der Waals surface area contributed by atoms with E-state index in [4.69, 9.17) is 5.11 Å². The van der Waals surface area contributed by atoms with Gasteiger partial charge in [0.1, 0.15) is 0 Å². The lowest BCUT2D eigenvalue weighted by molar-refractivity contribution is -0.154. The minimum Gasteiger partial charge on any atom is -0.481 e. The Morgan fingerprint density at radius 1 is 1.29 bits per heavy atom. The third-order valence-electron chi connectivity index (χ3n) is 4.56. The molecule has 0 aromatic heterocycles. The van der Waals surface area contributed by atoms with Crippen molar-refractivity contribution in [3.63, 3.8) is 0 Å². The standard InChI is InChI=1S/C13H21NO3/c1-9-4-2-5-10(9)11(15)14-8-13(12(16)17)6-3-7-13/h9-10H,2-8H2,1H3,(H,14,15)(H,16,17). The highest BCUT2D eigenvalue weighted by Gasteiger charge is 2.45. The van der Waals surface area contributed by atoms with Gasteiger partial charge >= 0.3 is 5.97 Å². The van der Waals surface area contributed by atoms with Gasteiger partial charge in [-0.3, -0.25) is 9.59 Å². The van der Waals surface area contributed by atoms with Gasteiger partial charge in [-0.1, -0.05) is 19.8 Å². The maximum absolute atomic E-state index is 12.0. The Morgan fingerprint density at radius 3 is 2.41 bits per heavy atom. The van der Waals surface area contributed by atoms with Crippen LogP contribution < -0.4 is 5.32 Å². The number of rotatable bonds is 4. The summed E-state index contributed by atoms with van der Waals surface area (Å²) in [6.45, 7) is 2.41. The second kappa shape index (κ2) is 4.67. The van der Waals surface area contributed by atoms with Crippen LogP contribution in [-0.4, -0.2) is 23.5 Å². The third-order valence-corrected chi connectivity index (χ3v) is 4.56. The minimum absolute atomic E-state index is 0.0579. The fourth-order valence-electron chi connectivity index (χ4n) is 2.99. The summed E-state index contributed by atoms with van der Waals surface area (Å²) in [5.41, 5.74) is -0.669. The van der Waals surface area contributed by atoms with E-state index in [0.717, 1.165) is 25.7 Å². The molecule has 2 aliphatic rings. The van der Waals surface area contributed by atoms with E-state index in [0.29, 0.717) is 25.3 Å². The van der Waals surface area contributed by atoms with E-state index in [2.05, 4.69) is 12.2 Å². The summed E-state index contributed by atoms with van der Waals surface area (Å²) in [7, 11) is 0. The molecule has 1 amide bonds. The first-order valence-electron chi connectivity index (χ1n) is 6.56. The average molecular weight is 239 g/mol. The molecule has 0 bridgehead atoms. The molecule has 0 spiro atoms. The van der Waals surface area contributed by atoms with Gasteiger partial charge in [-0.2, -0.15) is 0 Å². The molecule has 96 valence electrons. The first-order chi connectivity index (χ1) is 8.05. The van der Waals surface area contributed by atoms with Crippen molar-refractivity contribution in [2.45, 2.75) is 45.4 Å². The second-order valence-corrected chi connectivity index (χ2v) is 5.67. The van der Waals surface area contributed by atoms with Crippen LogP contribution in [0.4, 0.5) is 0 Å². The van der Waals surface area contributed by atoms with E-state index < -0.39 is 11.4 Å². The van der Waals surface area contributed by atoms with Crippen molar-refractivity contribution in [2.24, 2.45) is 17.3 Å². The number of hydrogen-bond donors (Lipinski definition) is 2. The van der Waals surface area contributed by atoms with Gasteiger partial charge in [0.05, 0.1) is 5.41 Å². The lowest BCUT2D eigenvalue weighted by Crippen LogP contribution is -2.48. The summed E-state index contributed by atoms with van der Waals surface area (Å²) in [5, 5.41) is 12.0. The highest BCUT2D eigenvalue weighted by Crippen LogP contribution is 2.40. The molecule has 4 heteroatoms. The third kappa shape index (κ3) is 2.31. The van der Waals surface area contributed by atoms with Gasteiger partial charge < -0.3 is 10.4 Å². The largest absolute Gasteiger partial charge is 0.481 e. The van der Waals surface area contributed by atoms with Crippen molar-refractivity contribution >= 4 is 11.9 Å². The zero-order valence-electron chi connectivity index (χ0n) is 10.4. The van der Waals surface area contributed by atoms with Crippen LogP contribution in [0.15, 0.2) is 0 Å². The quantitative estimate of drug-likeness (QED) is 0.786. The molecule has 2 N–H and O–H groups in total. The molecule has 2 rings (SSSR count). The Kier molecular flexibility index (Phi) is 3.40. The monoisotopic (exact) mass is 239 g/mol. The van der Waals surface area contributed by atoms with Gasteiger partial charge in [-0.05, 0) is 31.6 Å². The van der Waals surface area contributed by atoms with Crippen LogP contribution in [-0.2, 0) is 9.59 Å². The zero-order valence-corrected chi connectivity index (χ0v) is 10.4. The summed E-state index contributed by atoms with van der Waals surface area (Å²) < 4.78 is 0. The number of carboxylic acid groups (broad SMARTS) is 1. The summed E-state index contributed by atoms with van der Waals surface area (Å²) in [4.78, 5) is 23.1. The van der Waals surface area contributed by atoms with E-state index in [9.17, 15) is 9.59 Å². The first-order valence-corrected chi connectivity index (χ1v) is 6.56. The number of amides is 1. The first kappa shape index (κ1) is 12.4. The van der Waals surface area contributed by atoms with Crippen molar-refractivity contribution in [1.29, 1.82) is 0 Å². The van der Waals surface area contributed by atoms with E-state index in [1.165, 1.54) is 0 Å². The van der Waals surface area contributed by atoms with Crippen LogP contribution in [0.3, 0.4) is 0 Å². The Morgan fingerprint density at radius 2 is 2.00 bits per heavy atom. The van der Waals surface area contributed by atoms with Crippen LogP contribution in [0.1, 0.15) is 45.4 Å². The van der Waals surface area contributed by atoms with Crippen molar-refractivity contribution in [3.05, 3.63) is 0 Å². The molecule has 2 fully saturated rings. The van der Waals surface area contributed by atoms with E-state index in [-0.39, 0.29) is 11.8 Å². The lowest BCUT2D eigenvalue weighted by Gasteiger charge is -2.37. The van der Waals surface area contributed by atoms with E-state index in [1.54, 1.807) is 0 Å². The molecule has 0 saturated heterocycles. The Hall–Kier alpha value is -1.06. The Labute approximate surface area is 102 Å². The number of carbonyl (C=O) groups is 2. The molecule has 0 aliphatic heterocycles. The molecule has 0 aromatic carbocycles. The Bertz CT molecular complexity index is 323. The van der Waals surface area contributed by atoms with Crippen molar-refractivity contribution in [3.8, 4) is 0 Å². The van der Waals surface area contributed by atoms with Crippen LogP contribution in [0.25, 0.3) is 0 Å². The summed E-state index contributed by atoms with van der Waals surface area (Å²) >= 11 is 0. The summed E-state index contributed by atoms with van der Waals surface area (Å²) in [6.07, 6.45) is 5.53. The van der Waals surface area contributed by atoms with Gasteiger partial charge in [0.15, 0.2) is 0 Å². The molecule has 2 saturated carbocycles. The average Bonchev–Trinajstić information content (AvgIpc) is 2.62. The number of aliphatic carboxylic acids is 1. The molecule has 17 heavy (non-hydrogen) atoms. The lowest BCUT2D eigenvalue weighted by atomic mass is 9.68. The highest BCUT2D eigenvalue weighted by atomic mass is 16.4. The molecule has 2 aliphatic carbocycles. The highest BCUT2D eigenvalue weighted by molar-refractivity contribution is 5.81. The number of nitrogens with one attached hydrogen (secondary N) is 1. The van der Waals surface area contributed by atoms with Crippen LogP contribution in [0.5, 0.6) is 0 Å². The normalized spacial score (nSPS) is 30.6. The van der Waals surface area contributed by atoms with Crippen molar-refractivity contribution in [1.82, 2.24) is 5.32 Å². The van der Waals surface area contributed by atoms with Gasteiger partial charge in [-0.15, -0.1) is 0 Å². The topological polar surface area (TPSA) is 66.4 Å². The van der Waals surface area contributed by atoms with Crippen LogP contribution in [0.2, 0.25) is 0 Å². The SMILES string of the molecule is CC1CCCC1C(=O)NCC1(C(=O)O)CCC1. The maximum atomic E-state index is 12.0. The van der Waals surface area contributed by atoms with Crippen LogP contribution >= 0.6 is 0 Å². The minimum atomic E-state index is -0.761. The predicted molar refractivity (Wildman–Crippen MR) is 63.4 cm³/mol. The molecule has 0 radical (unpaired) electrons. The van der Waals surface area contributed by atoms with Gasteiger partial charge in [0.2, 0.25) is 5.91 Å². The number of hydrogen-bond acceptors (Lipinski definition) is 2. The number of carboxylic acids is 1. The predicted octanol–water partition coefficient (Wildman–Crippen LogP) is 1.79. The second-order valence-electron chi connectivity index (χ2n) is 5.67. The molecule has 4 nitrogen and oxygen atoms in total. The van der Waals surface area contributed by atoms with Crippen molar-refractivity contribution in [2.75, 3.05) is 6.54 Å². The molecular formula is C13H21NO3. The van der Waals surface area contributed by atoms with Gasteiger partial charge in [-0.25, -0.2) is 0 Å². The molecule has 2 unspecified atom stereocenters. The molecule has 0 heterocycles. The molecule has 0 aromatic rings. The maximum Gasteiger partial charge on any atom is 0.311 e.